The van der Waals surface area contributed by atoms with Crippen molar-refractivity contribution in [2.75, 3.05) is 7.05 Å². The van der Waals surface area contributed by atoms with E-state index in [4.69, 9.17) is 0 Å². The maximum absolute atomic E-state index is 4.57. The zero-order valence-electron chi connectivity index (χ0n) is 10.4. The zero-order valence-corrected chi connectivity index (χ0v) is 11.2. The van der Waals surface area contributed by atoms with Gasteiger partial charge in [0.05, 0.1) is 10.7 Å². The highest BCUT2D eigenvalue weighted by Crippen LogP contribution is 2.19. The largest absolute Gasteiger partial charge is 0.317 e. The average molecular weight is 226 g/mol. The number of rotatable bonds is 5. The fraction of sp³-hybridized carbons (Fsp3) is 0.750. The fourth-order valence-corrected chi connectivity index (χ4v) is 2.69. The minimum Gasteiger partial charge on any atom is -0.317 e. The first-order valence-corrected chi connectivity index (χ1v) is 6.46. The number of nitrogens with zero attached hydrogens (tertiary/aromatic N) is 1. The molecular weight excluding hydrogens is 204 g/mol. The van der Waals surface area contributed by atoms with Crippen LogP contribution in [0, 0.1) is 19.8 Å². The van der Waals surface area contributed by atoms with Crippen molar-refractivity contribution in [3.63, 3.8) is 0 Å². The van der Waals surface area contributed by atoms with Crippen molar-refractivity contribution in [2.24, 2.45) is 5.92 Å². The van der Waals surface area contributed by atoms with Crippen LogP contribution in [0.2, 0.25) is 0 Å². The predicted octanol–water partition coefficient (Wildman–Crippen LogP) is 2.94. The Morgan fingerprint density at radius 2 is 2.00 bits per heavy atom. The van der Waals surface area contributed by atoms with Gasteiger partial charge in [-0.1, -0.05) is 13.8 Å². The molecule has 1 unspecified atom stereocenters. The number of hydrogen-bond donors (Lipinski definition) is 1. The van der Waals surface area contributed by atoms with Gasteiger partial charge in [0.15, 0.2) is 0 Å². The first kappa shape index (κ1) is 12.7. The Labute approximate surface area is 97.1 Å². The molecule has 0 aliphatic carbocycles. The van der Waals surface area contributed by atoms with Crippen LogP contribution in [0.25, 0.3) is 0 Å². The molecule has 0 saturated heterocycles. The Bertz CT molecular complexity index is 285. The summed E-state index contributed by atoms with van der Waals surface area (Å²) in [4.78, 5) is 5.92. The summed E-state index contributed by atoms with van der Waals surface area (Å²) in [6.45, 7) is 8.76. The molecule has 1 N–H and O–H groups in total. The molecule has 15 heavy (non-hydrogen) atoms. The molecule has 2 nitrogen and oxygen atoms in total. The summed E-state index contributed by atoms with van der Waals surface area (Å²) in [7, 11) is 2.04. The lowest BCUT2D eigenvalue weighted by atomic mass is 10.00. The molecule has 3 heteroatoms. The van der Waals surface area contributed by atoms with Crippen LogP contribution < -0.4 is 5.32 Å². The van der Waals surface area contributed by atoms with Crippen LogP contribution in [-0.2, 0) is 6.42 Å². The number of nitrogens with one attached hydrogen (secondary N) is 1. The molecule has 1 aromatic heterocycles. The maximum atomic E-state index is 4.57. The molecule has 1 rings (SSSR count). The van der Waals surface area contributed by atoms with Gasteiger partial charge in [0.25, 0.3) is 0 Å². The summed E-state index contributed by atoms with van der Waals surface area (Å²) in [5, 5.41) is 4.65. The van der Waals surface area contributed by atoms with Gasteiger partial charge in [0.1, 0.15) is 0 Å². The first-order chi connectivity index (χ1) is 7.04. The lowest BCUT2D eigenvalue weighted by molar-refractivity contribution is 0.402. The lowest BCUT2D eigenvalue weighted by Gasteiger charge is -2.19. The van der Waals surface area contributed by atoms with Gasteiger partial charge < -0.3 is 5.32 Å². The highest BCUT2D eigenvalue weighted by Gasteiger charge is 2.12. The number of aromatic nitrogens is 1. The van der Waals surface area contributed by atoms with Crippen molar-refractivity contribution < 1.29 is 0 Å². The van der Waals surface area contributed by atoms with Gasteiger partial charge in [0.2, 0.25) is 0 Å². The van der Waals surface area contributed by atoms with Crippen LogP contribution >= 0.6 is 11.3 Å². The highest BCUT2D eigenvalue weighted by molar-refractivity contribution is 7.11. The second kappa shape index (κ2) is 5.61. The number of aryl methyl sites for hydroxylation is 3. The van der Waals surface area contributed by atoms with Crippen molar-refractivity contribution in [3.8, 4) is 0 Å². The van der Waals surface area contributed by atoms with E-state index < -0.39 is 0 Å². The van der Waals surface area contributed by atoms with E-state index in [0.717, 1.165) is 6.42 Å². The van der Waals surface area contributed by atoms with Gasteiger partial charge in [-0.15, -0.1) is 11.3 Å². The molecule has 1 atom stereocenters. The summed E-state index contributed by atoms with van der Waals surface area (Å²) in [5.74, 6) is 0.692. The van der Waals surface area contributed by atoms with Gasteiger partial charge in [0, 0.05) is 17.3 Å². The zero-order chi connectivity index (χ0) is 11.4. The second-order valence-corrected chi connectivity index (χ2v) is 5.71. The van der Waals surface area contributed by atoms with Crippen molar-refractivity contribution in [3.05, 3.63) is 15.6 Å². The molecule has 0 saturated carbocycles. The molecule has 0 fully saturated rings. The van der Waals surface area contributed by atoms with Crippen LogP contribution in [0.1, 0.15) is 35.8 Å². The van der Waals surface area contributed by atoms with E-state index in [1.54, 1.807) is 0 Å². The average Bonchev–Trinajstić information content (AvgIpc) is 2.47. The molecular formula is C12H22N2S. The van der Waals surface area contributed by atoms with Crippen molar-refractivity contribution in [2.45, 2.75) is 46.6 Å². The van der Waals surface area contributed by atoms with E-state index >= 15 is 0 Å². The van der Waals surface area contributed by atoms with E-state index in [9.17, 15) is 0 Å². The summed E-state index contributed by atoms with van der Waals surface area (Å²) in [6.07, 6.45) is 2.28. The minimum absolute atomic E-state index is 0.606. The third kappa shape index (κ3) is 3.58. The van der Waals surface area contributed by atoms with E-state index in [0.29, 0.717) is 12.0 Å². The van der Waals surface area contributed by atoms with Crippen LogP contribution in [0.5, 0.6) is 0 Å². The lowest BCUT2D eigenvalue weighted by Crippen LogP contribution is -2.30. The Morgan fingerprint density at radius 3 is 2.40 bits per heavy atom. The summed E-state index contributed by atoms with van der Waals surface area (Å²) in [5.41, 5.74) is 1.19. The topological polar surface area (TPSA) is 24.9 Å². The molecule has 0 amide bonds. The van der Waals surface area contributed by atoms with E-state index in [1.165, 1.54) is 22.0 Å². The highest BCUT2D eigenvalue weighted by atomic mass is 32.1. The summed E-state index contributed by atoms with van der Waals surface area (Å²) < 4.78 is 0. The smallest absolute Gasteiger partial charge is 0.0931 e. The Kier molecular flexibility index (Phi) is 4.74. The quantitative estimate of drug-likeness (QED) is 0.835. The van der Waals surface area contributed by atoms with Crippen LogP contribution in [0.3, 0.4) is 0 Å². The third-order valence-corrected chi connectivity index (χ3v) is 4.05. The molecule has 0 spiro atoms. The molecule has 1 aromatic rings. The molecule has 0 bridgehead atoms. The molecule has 86 valence electrons. The Hall–Kier alpha value is -0.410. The Balaban J connectivity index is 2.49. The van der Waals surface area contributed by atoms with Gasteiger partial charge in [-0.05, 0) is 33.2 Å². The standard InChI is InChI=1S/C12H22N2S/c1-8(2)11(13-5)6-7-12-14-9(3)10(4)15-12/h8,11,13H,6-7H2,1-5H3. The van der Waals surface area contributed by atoms with Crippen molar-refractivity contribution >= 4 is 11.3 Å². The molecule has 0 aliphatic rings. The van der Waals surface area contributed by atoms with Gasteiger partial charge >= 0.3 is 0 Å². The van der Waals surface area contributed by atoms with Gasteiger partial charge in [-0.25, -0.2) is 4.98 Å². The first-order valence-electron chi connectivity index (χ1n) is 5.64. The monoisotopic (exact) mass is 226 g/mol. The van der Waals surface area contributed by atoms with Gasteiger partial charge in [-0.2, -0.15) is 0 Å². The molecule has 0 aliphatic heterocycles. The summed E-state index contributed by atoms with van der Waals surface area (Å²) >= 11 is 1.84. The maximum Gasteiger partial charge on any atom is 0.0931 e. The van der Waals surface area contributed by atoms with E-state index in [-0.39, 0.29) is 0 Å². The van der Waals surface area contributed by atoms with Crippen LogP contribution in [0.15, 0.2) is 0 Å². The van der Waals surface area contributed by atoms with Crippen molar-refractivity contribution in [1.82, 2.24) is 10.3 Å². The summed E-state index contributed by atoms with van der Waals surface area (Å²) in [6, 6.07) is 0.606. The normalized spacial score (nSPS) is 13.5. The van der Waals surface area contributed by atoms with E-state index in [1.807, 2.05) is 18.4 Å². The van der Waals surface area contributed by atoms with Crippen molar-refractivity contribution in [1.29, 1.82) is 0 Å². The van der Waals surface area contributed by atoms with Gasteiger partial charge in [-0.3, -0.25) is 0 Å². The molecule has 1 heterocycles. The van der Waals surface area contributed by atoms with Crippen LogP contribution in [-0.4, -0.2) is 18.1 Å². The molecule has 0 aromatic carbocycles. The predicted molar refractivity (Wildman–Crippen MR) is 67.6 cm³/mol. The number of thiazole rings is 1. The fourth-order valence-electron chi connectivity index (χ4n) is 1.74. The second-order valence-electron chi connectivity index (χ2n) is 4.43. The van der Waals surface area contributed by atoms with E-state index in [2.05, 4.69) is 38.0 Å². The van der Waals surface area contributed by atoms with Crippen LogP contribution in [0.4, 0.5) is 0 Å². The Morgan fingerprint density at radius 1 is 1.33 bits per heavy atom. The SMILES string of the molecule is CNC(CCc1nc(C)c(C)s1)C(C)C. The number of hydrogen-bond acceptors (Lipinski definition) is 3. The third-order valence-electron chi connectivity index (χ3n) is 2.92. The molecule has 0 radical (unpaired) electrons. The minimum atomic E-state index is 0.606.